The third-order valence-corrected chi connectivity index (χ3v) is 4.13. The van der Waals surface area contributed by atoms with Gasteiger partial charge in [0.1, 0.15) is 0 Å². The van der Waals surface area contributed by atoms with Gasteiger partial charge in [0.05, 0.1) is 5.38 Å². The molecule has 1 fully saturated rings. The highest BCUT2D eigenvalue weighted by Gasteiger charge is 2.16. The number of halogens is 1. The van der Waals surface area contributed by atoms with Gasteiger partial charge in [-0.05, 0) is 43.6 Å². The minimum absolute atomic E-state index is 0.0176. The van der Waals surface area contributed by atoms with Gasteiger partial charge in [0.15, 0.2) is 0 Å². The normalized spacial score (nSPS) is 17.7. The maximum absolute atomic E-state index is 11.3. The van der Waals surface area contributed by atoms with Gasteiger partial charge in [-0.15, -0.1) is 11.6 Å². The summed E-state index contributed by atoms with van der Waals surface area (Å²) in [4.78, 5) is 13.8. The number of nitrogens with zero attached hydrogens (tertiary/aromatic N) is 1. The summed E-state index contributed by atoms with van der Waals surface area (Å²) in [5.41, 5.74) is 1.95. The Kier molecular flexibility index (Phi) is 5.86. The molecule has 0 aromatic heterocycles. The average Bonchev–Trinajstić information content (AvgIpc) is 2.49. The van der Waals surface area contributed by atoms with E-state index in [1.807, 2.05) is 31.2 Å². The van der Waals surface area contributed by atoms with Crippen molar-refractivity contribution in [1.29, 1.82) is 0 Å². The molecule has 0 spiro atoms. The number of piperidine rings is 1. The summed E-state index contributed by atoms with van der Waals surface area (Å²) >= 11 is 6.50. The Bertz CT molecular complexity index is 427. The van der Waals surface area contributed by atoms with Crippen molar-refractivity contribution in [2.45, 2.75) is 38.0 Å². The van der Waals surface area contributed by atoms with Crippen LogP contribution < -0.4 is 5.32 Å². The molecule has 1 unspecified atom stereocenters. The van der Waals surface area contributed by atoms with Gasteiger partial charge in [0, 0.05) is 18.7 Å². The zero-order valence-corrected chi connectivity index (χ0v) is 12.8. The number of anilines is 1. The van der Waals surface area contributed by atoms with Crippen LogP contribution in [0.25, 0.3) is 0 Å². The van der Waals surface area contributed by atoms with Crippen molar-refractivity contribution in [3.05, 3.63) is 29.8 Å². The molecular weight excluding hydrogens is 272 g/mol. The van der Waals surface area contributed by atoms with Gasteiger partial charge in [-0.25, -0.2) is 0 Å². The molecule has 20 heavy (non-hydrogen) atoms. The minimum Gasteiger partial charge on any atom is -0.326 e. The Balaban J connectivity index is 1.89. The van der Waals surface area contributed by atoms with E-state index in [1.165, 1.54) is 19.3 Å². The third kappa shape index (κ3) is 4.50. The molecule has 0 radical (unpaired) electrons. The first-order valence-corrected chi connectivity index (χ1v) is 7.89. The maximum Gasteiger partial charge on any atom is 0.224 e. The fourth-order valence-corrected chi connectivity index (χ4v) is 2.84. The van der Waals surface area contributed by atoms with Crippen LogP contribution in [0.3, 0.4) is 0 Å². The van der Waals surface area contributed by atoms with E-state index in [-0.39, 0.29) is 11.3 Å². The molecule has 1 aliphatic rings. The Hall–Kier alpha value is -1.06. The Morgan fingerprint density at radius 2 is 1.90 bits per heavy atom. The number of rotatable bonds is 5. The number of likely N-dealkylation sites (tertiary alicyclic amines) is 1. The van der Waals surface area contributed by atoms with Gasteiger partial charge in [-0.2, -0.15) is 0 Å². The van der Waals surface area contributed by atoms with E-state index >= 15 is 0 Å². The molecule has 1 aromatic carbocycles. The fourth-order valence-electron chi connectivity index (χ4n) is 2.50. The van der Waals surface area contributed by atoms with Gasteiger partial charge >= 0.3 is 0 Å². The fraction of sp³-hybridized carbons (Fsp3) is 0.562. The number of carbonyl (C=O) groups is 1. The third-order valence-electron chi connectivity index (χ3n) is 3.74. The topological polar surface area (TPSA) is 32.3 Å². The van der Waals surface area contributed by atoms with Crippen molar-refractivity contribution in [3.63, 3.8) is 0 Å². The summed E-state index contributed by atoms with van der Waals surface area (Å²) in [7, 11) is 0. The van der Waals surface area contributed by atoms with Crippen LogP contribution in [0.2, 0.25) is 0 Å². The number of nitrogens with one attached hydrogen (secondary N) is 1. The van der Waals surface area contributed by atoms with Gasteiger partial charge in [-0.1, -0.05) is 25.5 Å². The van der Waals surface area contributed by atoms with Gasteiger partial charge in [-0.3, -0.25) is 4.79 Å². The van der Waals surface area contributed by atoms with Crippen LogP contribution in [0, 0.1) is 0 Å². The summed E-state index contributed by atoms with van der Waals surface area (Å²) in [5.74, 6) is 0.0356. The van der Waals surface area contributed by atoms with Crippen molar-refractivity contribution >= 4 is 23.2 Å². The number of alkyl halides is 1. The second kappa shape index (κ2) is 7.65. The zero-order valence-electron chi connectivity index (χ0n) is 12.1. The molecule has 1 saturated heterocycles. The lowest BCUT2D eigenvalue weighted by Crippen LogP contribution is -2.32. The van der Waals surface area contributed by atoms with Crippen LogP contribution in [-0.2, 0) is 4.79 Å². The molecule has 4 heteroatoms. The molecule has 1 aromatic rings. The molecular formula is C16H23ClN2O. The van der Waals surface area contributed by atoms with Crippen molar-refractivity contribution in [2.75, 3.05) is 25.0 Å². The number of hydrogen-bond acceptors (Lipinski definition) is 2. The largest absolute Gasteiger partial charge is 0.326 e. The summed E-state index contributed by atoms with van der Waals surface area (Å²) in [5, 5.41) is 2.86. The molecule has 0 saturated carbocycles. The SMILES string of the molecule is CCC(=O)Nc1ccc(C(Cl)CN2CCCCC2)cc1. The van der Waals surface area contributed by atoms with Crippen LogP contribution in [0.5, 0.6) is 0 Å². The highest BCUT2D eigenvalue weighted by atomic mass is 35.5. The molecule has 1 atom stereocenters. The lowest BCUT2D eigenvalue weighted by atomic mass is 10.1. The van der Waals surface area contributed by atoms with Crippen LogP contribution in [0.4, 0.5) is 5.69 Å². The number of amides is 1. The number of benzene rings is 1. The van der Waals surface area contributed by atoms with Gasteiger partial charge < -0.3 is 10.2 Å². The van der Waals surface area contributed by atoms with E-state index in [4.69, 9.17) is 11.6 Å². The molecule has 1 N–H and O–H groups in total. The van der Waals surface area contributed by atoms with Crippen molar-refractivity contribution < 1.29 is 4.79 Å². The Labute approximate surface area is 126 Å². The van der Waals surface area contributed by atoms with E-state index < -0.39 is 0 Å². The summed E-state index contributed by atoms with van der Waals surface area (Å²) in [6, 6.07) is 7.86. The lowest BCUT2D eigenvalue weighted by Gasteiger charge is -2.28. The van der Waals surface area contributed by atoms with E-state index in [1.54, 1.807) is 0 Å². The zero-order chi connectivity index (χ0) is 14.4. The van der Waals surface area contributed by atoms with Crippen LogP contribution in [0.1, 0.15) is 43.5 Å². The molecule has 0 aliphatic carbocycles. The Morgan fingerprint density at radius 1 is 1.25 bits per heavy atom. The van der Waals surface area contributed by atoms with E-state index in [9.17, 15) is 4.79 Å². The lowest BCUT2D eigenvalue weighted by molar-refractivity contribution is -0.115. The summed E-state index contributed by atoms with van der Waals surface area (Å²) in [6.45, 7) is 5.07. The molecule has 1 heterocycles. The van der Waals surface area contributed by atoms with E-state index in [0.717, 1.165) is 30.9 Å². The molecule has 0 bridgehead atoms. The first-order chi connectivity index (χ1) is 9.69. The quantitative estimate of drug-likeness (QED) is 0.838. The van der Waals surface area contributed by atoms with Crippen LogP contribution in [-0.4, -0.2) is 30.4 Å². The standard InChI is InChI=1S/C16H23ClN2O/c1-2-16(20)18-14-8-6-13(7-9-14)15(17)12-19-10-4-3-5-11-19/h6-9,15H,2-5,10-12H2,1H3,(H,18,20). The van der Waals surface area contributed by atoms with Gasteiger partial charge in [0.25, 0.3) is 0 Å². The van der Waals surface area contributed by atoms with Gasteiger partial charge in [0.2, 0.25) is 5.91 Å². The second-order valence-corrected chi connectivity index (χ2v) is 5.88. The molecule has 1 aliphatic heterocycles. The predicted molar refractivity (Wildman–Crippen MR) is 84.2 cm³/mol. The average molecular weight is 295 g/mol. The maximum atomic E-state index is 11.3. The summed E-state index contributed by atoms with van der Waals surface area (Å²) in [6.07, 6.45) is 4.40. The molecule has 2 rings (SSSR count). The first kappa shape index (κ1) is 15.3. The van der Waals surface area contributed by atoms with Crippen molar-refractivity contribution in [2.24, 2.45) is 0 Å². The Morgan fingerprint density at radius 3 is 2.50 bits per heavy atom. The highest BCUT2D eigenvalue weighted by molar-refractivity contribution is 6.21. The summed E-state index contributed by atoms with van der Waals surface area (Å²) < 4.78 is 0. The highest BCUT2D eigenvalue weighted by Crippen LogP contribution is 2.24. The van der Waals surface area contributed by atoms with Crippen molar-refractivity contribution in [1.82, 2.24) is 4.90 Å². The van der Waals surface area contributed by atoms with E-state index in [2.05, 4.69) is 10.2 Å². The second-order valence-electron chi connectivity index (χ2n) is 5.35. The smallest absolute Gasteiger partial charge is 0.224 e. The van der Waals surface area contributed by atoms with Crippen molar-refractivity contribution in [3.8, 4) is 0 Å². The molecule has 3 nitrogen and oxygen atoms in total. The minimum atomic E-state index is 0.0176. The monoisotopic (exact) mass is 294 g/mol. The van der Waals surface area contributed by atoms with Crippen LogP contribution in [0.15, 0.2) is 24.3 Å². The van der Waals surface area contributed by atoms with E-state index in [0.29, 0.717) is 6.42 Å². The molecule has 1 amide bonds. The molecule has 110 valence electrons. The van der Waals surface area contributed by atoms with Crippen LogP contribution >= 0.6 is 11.6 Å². The first-order valence-electron chi connectivity index (χ1n) is 7.45. The number of carbonyl (C=O) groups excluding carboxylic acids is 1. The number of hydrogen-bond donors (Lipinski definition) is 1. The predicted octanol–water partition coefficient (Wildman–Crippen LogP) is 3.80.